The van der Waals surface area contributed by atoms with Crippen molar-refractivity contribution in [1.29, 1.82) is 0 Å². The average Bonchev–Trinajstić information content (AvgIpc) is 2.71. The first-order chi connectivity index (χ1) is 8.38. The Morgan fingerprint density at radius 2 is 2.11 bits per heavy atom. The van der Waals surface area contributed by atoms with Crippen LogP contribution >= 0.6 is 11.6 Å². The first kappa shape index (κ1) is 13.6. The van der Waals surface area contributed by atoms with Crippen molar-refractivity contribution in [2.45, 2.75) is 30.6 Å². The van der Waals surface area contributed by atoms with E-state index in [-0.39, 0.29) is 6.04 Å². The van der Waals surface area contributed by atoms with Crippen molar-refractivity contribution < 1.29 is 12.8 Å². The Morgan fingerprint density at radius 3 is 2.78 bits per heavy atom. The molecule has 0 saturated heterocycles. The van der Waals surface area contributed by atoms with Gasteiger partial charge in [0.2, 0.25) is 0 Å². The smallest absolute Gasteiger partial charge is 0.152 e. The van der Waals surface area contributed by atoms with Crippen molar-refractivity contribution in [2.75, 3.05) is 11.6 Å². The summed E-state index contributed by atoms with van der Waals surface area (Å²) >= 11 is 5.96. The van der Waals surface area contributed by atoms with Gasteiger partial charge in [0.25, 0.3) is 0 Å². The molecule has 0 heterocycles. The Balaban J connectivity index is 2.21. The molecule has 1 fully saturated rings. The predicted molar refractivity (Wildman–Crippen MR) is 71.3 cm³/mol. The van der Waals surface area contributed by atoms with Crippen LogP contribution in [0.4, 0.5) is 10.1 Å². The van der Waals surface area contributed by atoms with E-state index in [2.05, 4.69) is 5.32 Å². The number of nitrogens with one attached hydrogen (secondary N) is 1. The molecule has 100 valence electrons. The van der Waals surface area contributed by atoms with Gasteiger partial charge in [-0.05, 0) is 37.5 Å². The molecule has 2 rings (SSSR count). The minimum atomic E-state index is -3.09. The van der Waals surface area contributed by atoms with E-state index in [9.17, 15) is 12.8 Å². The number of anilines is 1. The third-order valence-electron chi connectivity index (χ3n) is 3.27. The molecule has 0 spiro atoms. The number of rotatable bonds is 3. The maximum absolute atomic E-state index is 13.1. The number of hydrogen-bond donors (Lipinski definition) is 1. The first-order valence-electron chi connectivity index (χ1n) is 5.78. The normalized spacial score (nSPS) is 24.2. The molecule has 1 aliphatic carbocycles. The van der Waals surface area contributed by atoms with Gasteiger partial charge in [-0.25, -0.2) is 12.8 Å². The molecule has 3 nitrogen and oxygen atoms in total. The summed E-state index contributed by atoms with van der Waals surface area (Å²) in [5.41, 5.74) is 0.456. The molecule has 1 aromatic carbocycles. The topological polar surface area (TPSA) is 46.2 Å². The number of benzene rings is 1. The minimum Gasteiger partial charge on any atom is -0.380 e. The van der Waals surface area contributed by atoms with Crippen LogP contribution in [0.15, 0.2) is 18.2 Å². The summed E-state index contributed by atoms with van der Waals surface area (Å²) in [7, 11) is -3.09. The summed E-state index contributed by atoms with van der Waals surface area (Å²) in [6, 6.07) is 3.83. The maximum Gasteiger partial charge on any atom is 0.152 e. The van der Waals surface area contributed by atoms with Crippen LogP contribution in [0, 0.1) is 5.82 Å². The van der Waals surface area contributed by atoms with Crippen LogP contribution < -0.4 is 5.32 Å². The monoisotopic (exact) mass is 291 g/mol. The first-order valence-corrected chi connectivity index (χ1v) is 8.11. The van der Waals surface area contributed by atoms with Gasteiger partial charge in [0, 0.05) is 12.3 Å². The third-order valence-corrected chi connectivity index (χ3v) is 5.27. The van der Waals surface area contributed by atoms with Crippen LogP contribution in [-0.2, 0) is 9.84 Å². The summed E-state index contributed by atoms with van der Waals surface area (Å²) in [4.78, 5) is 0. The second-order valence-corrected chi connectivity index (χ2v) is 7.35. The van der Waals surface area contributed by atoms with Crippen LogP contribution in [0.2, 0.25) is 5.02 Å². The SMILES string of the molecule is CS(=O)(=O)C1CCCC1Nc1cc(F)ccc1Cl. The lowest BCUT2D eigenvalue weighted by Crippen LogP contribution is -2.34. The highest BCUT2D eigenvalue weighted by Gasteiger charge is 2.34. The van der Waals surface area contributed by atoms with E-state index >= 15 is 0 Å². The molecule has 1 aliphatic rings. The van der Waals surface area contributed by atoms with Gasteiger partial charge in [0.05, 0.1) is 16.0 Å². The third kappa shape index (κ3) is 2.95. The van der Waals surface area contributed by atoms with Gasteiger partial charge in [-0.15, -0.1) is 0 Å². The van der Waals surface area contributed by atoms with E-state index in [0.717, 1.165) is 12.8 Å². The zero-order chi connectivity index (χ0) is 13.3. The van der Waals surface area contributed by atoms with Gasteiger partial charge in [-0.2, -0.15) is 0 Å². The molecule has 1 saturated carbocycles. The second kappa shape index (κ2) is 5.05. The fourth-order valence-electron chi connectivity index (χ4n) is 2.41. The summed E-state index contributed by atoms with van der Waals surface area (Å²) in [6.45, 7) is 0. The molecule has 0 aliphatic heterocycles. The van der Waals surface area contributed by atoms with Gasteiger partial charge in [0.1, 0.15) is 5.82 Å². The summed E-state index contributed by atoms with van der Waals surface area (Å²) in [6.07, 6.45) is 3.49. The van der Waals surface area contributed by atoms with Gasteiger partial charge in [-0.1, -0.05) is 11.6 Å². The zero-order valence-corrected chi connectivity index (χ0v) is 11.6. The van der Waals surface area contributed by atoms with E-state index in [1.54, 1.807) is 0 Å². The molecular weight excluding hydrogens is 277 g/mol. The van der Waals surface area contributed by atoms with Crippen LogP contribution in [0.3, 0.4) is 0 Å². The van der Waals surface area contributed by atoms with Crippen LogP contribution in [0.5, 0.6) is 0 Å². The number of halogens is 2. The molecule has 18 heavy (non-hydrogen) atoms. The highest BCUT2D eigenvalue weighted by Crippen LogP contribution is 2.31. The van der Waals surface area contributed by atoms with E-state index < -0.39 is 20.9 Å². The van der Waals surface area contributed by atoms with Crippen molar-refractivity contribution in [3.05, 3.63) is 29.0 Å². The number of sulfone groups is 1. The molecule has 0 bridgehead atoms. The standard InChI is InChI=1S/C12H15ClFNO2S/c1-18(16,17)12-4-2-3-10(12)15-11-7-8(14)5-6-9(11)13/h5-7,10,12,15H,2-4H2,1H3. The Morgan fingerprint density at radius 1 is 1.39 bits per heavy atom. The Hall–Kier alpha value is -0.810. The maximum atomic E-state index is 13.1. The van der Waals surface area contributed by atoms with Crippen molar-refractivity contribution in [3.8, 4) is 0 Å². The van der Waals surface area contributed by atoms with Gasteiger partial charge in [0.15, 0.2) is 9.84 Å². The minimum absolute atomic E-state index is 0.195. The quantitative estimate of drug-likeness (QED) is 0.931. The Kier molecular flexibility index (Phi) is 3.82. The van der Waals surface area contributed by atoms with Gasteiger partial charge < -0.3 is 5.32 Å². The van der Waals surface area contributed by atoms with E-state index in [1.165, 1.54) is 24.5 Å². The lowest BCUT2D eigenvalue weighted by Gasteiger charge is -2.21. The molecule has 2 atom stereocenters. The summed E-state index contributed by atoms with van der Waals surface area (Å²) in [5.74, 6) is -0.393. The molecule has 0 aromatic heterocycles. The summed E-state index contributed by atoms with van der Waals surface area (Å²) in [5, 5.41) is 3.03. The predicted octanol–water partition coefficient (Wildman–Crippen LogP) is 2.86. The average molecular weight is 292 g/mol. The molecule has 2 unspecified atom stereocenters. The Bertz CT molecular complexity index is 547. The van der Waals surface area contributed by atoms with Crippen molar-refractivity contribution in [3.63, 3.8) is 0 Å². The van der Waals surface area contributed by atoms with Crippen molar-refractivity contribution >= 4 is 27.1 Å². The fraction of sp³-hybridized carbons (Fsp3) is 0.500. The van der Waals surface area contributed by atoms with E-state index in [0.29, 0.717) is 17.1 Å². The lowest BCUT2D eigenvalue weighted by molar-refractivity contribution is 0.579. The molecule has 0 amide bonds. The van der Waals surface area contributed by atoms with Crippen LogP contribution in [-0.4, -0.2) is 26.0 Å². The van der Waals surface area contributed by atoms with Gasteiger partial charge in [-0.3, -0.25) is 0 Å². The van der Waals surface area contributed by atoms with Crippen LogP contribution in [0.25, 0.3) is 0 Å². The summed E-state index contributed by atoms with van der Waals surface area (Å²) < 4.78 is 36.4. The van der Waals surface area contributed by atoms with E-state index in [1.807, 2.05) is 0 Å². The highest BCUT2D eigenvalue weighted by atomic mass is 35.5. The molecule has 0 radical (unpaired) electrons. The number of hydrogen-bond acceptors (Lipinski definition) is 3. The second-order valence-electron chi connectivity index (χ2n) is 4.67. The fourth-order valence-corrected chi connectivity index (χ4v) is 3.98. The zero-order valence-electron chi connectivity index (χ0n) is 9.99. The lowest BCUT2D eigenvalue weighted by atomic mass is 10.2. The largest absolute Gasteiger partial charge is 0.380 e. The van der Waals surface area contributed by atoms with E-state index in [4.69, 9.17) is 11.6 Å². The van der Waals surface area contributed by atoms with Crippen LogP contribution in [0.1, 0.15) is 19.3 Å². The van der Waals surface area contributed by atoms with Crippen molar-refractivity contribution in [1.82, 2.24) is 0 Å². The van der Waals surface area contributed by atoms with Crippen molar-refractivity contribution in [2.24, 2.45) is 0 Å². The molecule has 6 heteroatoms. The van der Waals surface area contributed by atoms with Gasteiger partial charge >= 0.3 is 0 Å². The molecular formula is C12H15ClFNO2S. The molecule has 1 N–H and O–H groups in total. The molecule has 1 aromatic rings. The highest BCUT2D eigenvalue weighted by molar-refractivity contribution is 7.91. The Labute approximate surface area is 111 Å².